The standard InChI is InChI=1S/C20H22N2O4.2H2S/c23-17-11-12-22(13-17)19(24)18(16-9-5-2-6-10-16)21-20(25)26-14-15-7-3-1-4-8-15;;/h1-10,17-18,23H,11-14H2,(H,21,25);2*1H2/t17-,18-;;/m0../s1. The van der Waals surface area contributed by atoms with Crippen molar-refractivity contribution in [3.8, 4) is 0 Å². The van der Waals surface area contributed by atoms with Crippen LogP contribution in [0.5, 0.6) is 0 Å². The molecule has 8 heteroatoms. The van der Waals surface area contributed by atoms with E-state index in [1.54, 1.807) is 17.0 Å². The number of carbonyl (C=O) groups is 2. The smallest absolute Gasteiger partial charge is 0.408 e. The van der Waals surface area contributed by atoms with Crippen molar-refractivity contribution in [1.29, 1.82) is 0 Å². The molecule has 1 aliphatic heterocycles. The number of rotatable bonds is 5. The Labute approximate surface area is 178 Å². The highest BCUT2D eigenvalue weighted by molar-refractivity contribution is 7.59. The molecule has 2 amide bonds. The van der Waals surface area contributed by atoms with E-state index >= 15 is 0 Å². The fraction of sp³-hybridized carbons (Fsp3) is 0.300. The average molecular weight is 423 g/mol. The third-order valence-electron chi connectivity index (χ3n) is 4.33. The maximum absolute atomic E-state index is 12.8. The minimum atomic E-state index is -0.843. The molecule has 6 nitrogen and oxygen atoms in total. The fourth-order valence-corrected chi connectivity index (χ4v) is 2.94. The highest BCUT2D eigenvalue weighted by Gasteiger charge is 2.32. The number of nitrogens with zero attached hydrogens (tertiary/aromatic N) is 1. The zero-order valence-corrected chi connectivity index (χ0v) is 17.4. The van der Waals surface area contributed by atoms with Gasteiger partial charge in [-0.25, -0.2) is 4.79 Å². The molecule has 2 aromatic rings. The first-order chi connectivity index (χ1) is 12.6. The van der Waals surface area contributed by atoms with Crippen molar-refractivity contribution in [1.82, 2.24) is 10.2 Å². The van der Waals surface area contributed by atoms with Gasteiger partial charge in [-0.2, -0.15) is 27.0 Å². The minimum absolute atomic E-state index is 0. The molecule has 0 aliphatic carbocycles. The van der Waals surface area contributed by atoms with E-state index in [4.69, 9.17) is 4.74 Å². The zero-order valence-electron chi connectivity index (χ0n) is 15.4. The lowest BCUT2D eigenvalue weighted by Crippen LogP contribution is -2.42. The molecule has 0 saturated carbocycles. The van der Waals surface area contributed by atoms with Crippen LogP contribution in [0.4, 0.5) is 4.79 Å². The van der Waals surface area contributed by atoms with E-state index in [-0.39, 0.29) is 46.1 Å². The number of hydrogen-bond acceptors (Lipinski definition) is 4. The Morgan fingerprint density at radius 1 is 1.07 bits per heavy atom. The first-order valence-electron chi connectivity index (χ1n) is 8.62. The number of amides is 2. The first-order valence-corrected chi connectivity index (χ1v) is 8.62. The molecule has 1 fully saturated rings. The van der Waals surface area contributed by atoms with Crippen LogP contribution in [0.3, 0.4) is 0 Å². The molecular formula is C20H26N2O4S2. The Balaban J connectivity index is 0.00000196. The van der Waals surface area contributed by atoms with E-state index < -0.39 is 18.2 Å². The predicted octanol–water partition coefficient (Wildman–Crippen LogP) is 2.47. The normalized spacial score (nSPS) is 16.3. The molecule has 2 aromatic carbocycles. The Kier molecular flexibility index (Phi) is 9.92. The van der Waals surface area contributed by atoms with E-state index in [1.807, 2.05) is 48.5 Å². The lowest BCUT2D eigenvalue weighted by Gasteiger charge is -2.24. The number of aliphatic hydroxyl groups excluding tert-OH is 1. The molecule has 0 unspecified atom stereocenters. The number of nitrogens with one attached hydrogen (secondary N) is 1. The van der Waals surface area contributed by atoms with E-state index in [2.05, 4.69) is 5.32 Å². The maximum atomic E-state index is 12.8. The van der Waals surface area contributed by atoms with Crippen molar-refractivity contribution in [2.75, 3.05) is 13.1 Å². The molecule has 152 valence electrons. The number of alkyl carbamates (subject to hydrolysis) is 1. The van der Waals surface area contributed by atoms with Gasteiger partial charge in [-0.15, -0.1) is 0 Å². The molecule has 0 spiro atoms. The molecule has 1 saturated heterocycles. The van der Waals surface area contributed by atoms with Crippen LogP contribution in [-0.2, 0) is 16.1 Å². The summed E-state index contributed by atoms with van der Waals surface area (Å²) in [7, 11) is 0. The van der Waals surface area contributed by atoms with Gasteiger partial charge in [0.25, 0.3) is 0 Å². The van der Waals surface area contributed by atoms with Crippen LogP contribution in [0.2, 0.25) is 0 Å². The van der Waals surface area contributed by atoms with Crippen LogP contribution in [-0.4, -0.2) is 41.2 Å². The van der Waals surface area contributed by atoms with Gasteiger partial charge in [0.05, 0.1) is 6.10 Å². The Hall–Kier alpha value is -2.16. The summed E-state index contributed by atoms with van der Waals surface area (Å²) in [6, 6.07) is 17.5. The van der Waals surface area contributed by atoms with Gasteiger partial charge in [0.15, 0.2) is 0 Å². The second kappa shape index (κ2) is 11.6. The van der Waals surface area contributed by atoms with Crippen molar-refractivity contribution < 1.29 is 19.4 Å². The van der Waals surface area contributed by atoms with E-state index in [1.165, 1.54) is 0 Å². The monoisotopic (exact) mass is 422 g/mol. The SMILES string of the molecule is O=C(N[C@H](C(=O)N1CC[C@H](O)C1)c1ccccc1)OCc1ccccc1.S.S. The topological polar surface area (TPSA) is 78.9 Å². The molecule has 3 rings (SSSR count). The highest BCUT2D eigenvalue weighted by atomic mass is 32.1. The molecule has 0 radical (unpaired) electrons. The molecule has 2 atom stereocenters. The number of aliphatic hydroxyl groups is 1. The lowest BCUT2D eigenvalue weighted by molar-refractivity contribution is -0.132. The third-order valence-corrected chi connectivity index (χ3v) is 4.33. The van der Waals surface area contributed by atoms with Crippen molar-refractivity contribution in [2.24, 2.45) is 0 Å². The van der Waals surface area contributed by atoms with Crippen LogP contribution in [0.15, 0.2) is 60.7 Å². The van der Waals surface area contributed by atoms with E-state index in [9.17, 15) is 14.7 Å². The van der Waals surface area contributed by atoms with Gasteiger partial charge < -0.3 is 20.1 Å². The van der Waals surface area contributed by atoms with Crippen LogP contribution in [0, 0.1) is 0 Å². The Bertz CT molecular complexity index is 746. The number of ether oxygens (including phenoxy) is 1. The summed E-state index contributed by atoms with van der Waals surface area (Å²) in [5, 5.41) is 12.3. The summed E-state index contributed by atoms with van der Waals surface area (Å²) < 4.78 is 5.24. The molecule has 0 bridgehead atoms. The molecule has 2 N–H and O–H groups in total. The quantitative estimate of drug-likeness (QED) is 0.776. The van der Waals surface area contributed by atoms with Gasteiger partial charge in [0.1, 0.15) is 12.6 Å². The molecular weight excluding hydrogens is 396 g/mol. The van der Waals surface area contributed by atoms with Crippen molar-refractivity contribution in [2.45, 2.75) is 25.2 Å². The van der Waals surface area contributed by atoms with Gasteiger partial charge in [-0.05, 0) is 17.5 Å². The Morgan fingerprint density at radius 2 is 1.68 bits per heavy atom. The summed E-state index contributed by atoms with van der Waals surface area (Å²) in [6.45, 7) is 0.887. The summed E-state index contributed by atoms with van der Waals surface area (Å²) in [6.07, 6.45) is -0.623. The van der Waals surface area contributed by atoms with E-state index in [0.29, 0.717) is 18.5 Å². The van der Waals surface area contributed by atoms with Crippen LogP contribution < -0.4 is 5.32 Å². The summed E-state index contributed by atoms with van der Waals surface area (Å²) in [5.41, 5.74) is 1.54. The van der Waals surface area contributed by atoms with Gasteiger partial charge in [-0.1, -0.05) is 60.7 Å². The average Bonchev–Trinajstić information content (AvgIpc) is 3.12. The van der Waals surface area contributed by atoms with Crippen LogP contribution >= 0.6 is 27.0 Å². The second-order valence-electron chi connectivity index (χ2n) is 6.28. The lowest BCUT2D eigenvalue weighted by atomic mass is 10.1. The number of hydrogen-bond donors (Lipinski definition) is 2. The summed E-state index contributed by atoms with van der Waals surface area (Å²) in [5.74, 6) is -0.246. The Morgan fingerprint density at radius 3 is 2.25 bits per heavy atom. The van der Waals surface area contributed by atoms with Crippen LogP contribution in [0.1, 0.15) is 23.6 Å². The van der Waals surface area contributed by atoms with Gasteiger partial charge in [0.2, 0.25) is 5.91 Å². The maximum Gasteiger partial charge on any atom is 0.408 e. The molecule has 28 heavy (non-hydrogen) atoms. The summed E-state index contributed by atoms with van der Waals surface area (Å²) >= 11 is 0. The number of β-amino-alcohol motifs (C(OH)–C–C–N with tert-alkyl or cyclic N) is 1. The van der Waals surface area contributed by atoms with Crippen molar-refractivity contribution in [3.63, 3.8) is 0 Å². The predicted molar refractivity (Wildman–Crippen MR) is 117 cm³/mol. The van der Waals surface area contributed by atoms with Gasteiger partial charge in [0, 0.05) is 13.1 Å². The van der Waals surface area contributed by atoms with E-state index in [0.717, 1.165) is 5.56 Å². The summed E-state index contributed by atoms with van der Waals surface area (Å²) in [4.78, 5) is 26.6. The van der Waals surface area contributed by atoms with Crippen molar-refractivity contribution in [3.05, 3.63) is 71.8 Å². The second-order valence-corrected chi connectivity index (χ2v) is 6.28. The number of carbonyl (C=O) groups excluding carboxylic acids is 2. The zero-order chi connectivity index (χ0) is 18.4. The largest absolute Gasteiger partial charge is 0.445 e. The van der Waals surface area contributed by atoms with Gasteiger partial charge >= 0.3 is 6.09 Å². The number of benzene rings is 2. The van der Waals surface area contributed by atoms with Crippen molar-refractivity contribution >= 4 is 39.0 Å². The van der Waals surface area contributed by atoms with Crippen LogP contribution in [0.25, 0.3) is 0 Å². The highest BCUT2D eigenvalue weighted by Crippen LogP contribution is 2.20. The first kappa shape index (κ1) is 23.9. The fourth-order valence-electron chi connectivity index (χ4n) is 2.94. The third kappa shape index (κ3) is 6.47. The number of likely N-dealkylation sites (tertiary alicyclic amines) is 1. The minimum Gasteiger partial charge on any atom is -0.445 e. The molecule has 1 aliphatic rings. The van der Waals surface area contributed by atoms with Gasteiger partial charge in [-0.3, -0.25) is 4.79 Å². The molecule has 0 aromatic heterocycles. The molecule has 1 heterocycles.